The molecule has 2 unspecified atom stereocenters. The Balaban J connectivity index is 2.49. The van der Waals surface area contributed by atoms with E-state index in [1.54, 1.807) is 14.2 Å². The summed E-state index contributed by atoms with van der Waals surface area (Å²) in [6.07, 6.45) is 3.40. The quantitative estimate of drug-likeness (QED) is 0.558. The van der Waals surface area contributed by atoms with Crippen molar-refractivity contribution in [2.75, 3.05) is 47.1 Å². The zero-order chi connectivity index (χ0) is 15.0. The van der Waals surface area contributed by atoms with Crippen LogP contribution in [0.3, 0.4) is 0 Å². The van der Waals surface area contributed by atoms with Crippen molar-refractivity contribution < 1.29 is 14.6 Å². The second kappa shape index (κ2) is 8.95. The zero-order valence-electron chi connectivity index (χ0n) is 13.5. The van der Waals surface area contributed by atoms with E-state index in [2.05, 4.69) is 24.1 Å². The highest BCUT2D eigenvalue weighted by Crippen LogP contribution is 2.25. The van der Waals surface area contributed by atoms with Gasteiger partial charge >= 0.3 is 0 Å². The zero-order valence-corrected chi connectivity index (χ0v) is 13.5. The van der Waals surface area contributed by atoms with Gasteiger partial charge in [0.05, 0.1) is 19.8 Å². The number of rotatable bonds is 12. The van der Waals surface area contributed by atoms with Gasteiger partial charge in [0.15, 0.2) is 0 Å². The van der Waals surface area contributed by atoms with E-state index < -0.39 is 0 Å². The topological polar surface area (TPSA) is 54.0 Å². The number of nitrogens with zero attached hydrogens (tertiary/aromatic N) is 1. The van der Waals surface area contributed by atoms with Crippen LogP contribution in [0.2, 0.25) is 0 Å². The number of hydrogen-bond donors (Lipinski definition) is 2. The summed E-state index contributed by atoms with van der Waals surface area (Å²) in [5.41, 5.74) is -0.195. The lowest BCUT2D eigenvalue weighted by Crippen LogP contribution is -2.52. The molecule has 0 aromatic heterocycles. The van der Waals surface area contributed by atoms with E-state index in [-0.39, 0.29) is 12.1 Å². The van der Waals surface area contributed by atoms with Crippen molar-refractivity contribution in [3.63, 3.8) is 0 Å². The van der Waals surface area contributed by atoms with Crippen LogP contribution in [-0.4, -0.2) is 74.8 Å². The smallest absolute Gasteiger partial charge is 0.0611 e. The van der Waals surface area contributed by atoms with Gasteiger partial charge in [-0.15, -0.1) is 0 Å². The van der Waals surface area contributed by atoms with Crippen molar-refractivity contribution in [3.05, 3.63) is 0 Å². The summed E-state index contributed by atoms with van der Waals surface area (Å²) >= 11 is 0. The number of aliphatic hydroxyl groups excluding tert-OH is 1. The molecule has 0 amide bonds. The maximum absolute atomic E-state index is 9.71. The molecule has 20 heavy (non-hydrogen) atoms. The van der Waals surface area contributed by atoms with Crippen LogP contribution in [-0.2, 0) is 9.47 Å². The van der Waals surface area contributed by atoms with E-state index in [0.717, 1.165) is 32.7 Å². The number of methoxy groups -OCH3 is 2. The molecule has 0 bridgehead atoms. The van der Waals surface area contributed by atoms with Crippen LogP contribution in [0.1, 0.15) is 33.1 Å². The summed E-state index contributed by atoms with van der Waals surface area (Å²) in [5.74, 6) is 0. The molecule has 120 valence electrons. The van der Waals surface area contributed by atoms with Crippen molar-refractivity contribution in [2.24, 2.45) is 0 Å². The number of ether oxygens (including phenoxy) is 2. The van der Waals surface area contributed by atoms with Crippen molar-refractivity contribution in [3.8, 4) is 0 Å². The fourth-order valence-corrected chi connectivity index (χ4v) is 2.64. The predicted octanol–water partition coefficient (Wildman–Crippen LogP) is 0.863. The maximum Gasteiger partial charge on any atom is 0.0611 e. The van der Waals surface area contributed by atoms with Crippen LogP contribution in [0.25, 0.3) is 0 Å². The molecule has 5 nitrogen and oxygen atoms in total. The summed E-state index contributed by atoms with van der Waals surface area (Å²) in [6.45, 7) is 7.74. The lowest BCUT2D eigenvalue weighted by Gasteiger charge is -2.37. The minimum atomic E-state index is -0.195. The second-order valence-electron chi connectivity index (χ2n) is 6.21. The minimum absolute atomic E-state index is 0.177. The molecule has 1 aliphatic rings. The predicted molar refractivity (Wildman–Crippen MR) is 81.1 cm³/mol. The Morgan fingerprint density at radius 2 is 1.80 bits per heavy atom. The minimum Gasteiger partial charge on any atom is -0.394 e. The fraction of sp³-hybridized carbons (Fsp3) is 1.00. The molecule has 1 aliphatic carbocycles. The van der Waals surface area contributed by atoms with E-state index in [4.69, 9.17) is 9.47 Å². The van der Waals surface area contributed by atoms with E-state index in [9.17, 15) is 5.11 Å². The molecule has 0 spiro atoms. The Hall–Kier alpha value is -0.200. The van der Waals surface area contributed by atoms with Crippen molar-refractivity contribution in [1.29, 1.82) is 0 Å². The Labute approximate surface area is 123 Å². The standard InChI is InChI=1S/C15H32N2O3/c1-13(17(7-9-19-3)8-10-20-4)11-15(2,12-18)16-14-5-6-14/h13-14,16,18H,5-12H2,1-4H3. The highest BCUT2D eigenvalue weighted by atomic mass is 16.5. The van der Waals surface area contributed by atoms with Crippen molar-refractivity contribution in [1.82, 2.24) is 10.2 Å². The molecule has 2 atom stereocenters. The Bertz CT molecular complexity index is 254. The molecule has 0 saturated heterocycles. The molecule has 1 rings (SSSR count). The van der Waals surface area contributed by atoms with Gasteiger partial charge in [-0.2, -0.15) is 0 Å². The normalized spacial score (nSPS) is 20.1. The molecule has 5 heteroatoms. The number of hydrogen-bond acceptors (Lipinski definition) is 5. The molecule has 0 aromatic rings. The fourth-order valence-electron chi connectivity index (χ4n) is 2.64. The van der Waals surface area contributed by atoms with Crippen LogP contribution in [0.5, 0.6) is 0 Å². The van der Waals surface area contributed by atoms with E-state index in [0.29, 0.717) is 12.1 Å². The first-order valence-electron chi connectivity index (χ1n) is 7.65. The molecule has 0 radical (unpaired) electrons. The van der Waals surface area contributed by atoms with Crippen LogP contribution < -0.4 is 5.32 Å². The first-order chi connectivity index (χ1) is 9.54. The maximum atomic E-state index is 9.71. The summed E-state index contributed by atoms with van der Waals surface area (Å²) in [7, 11) is 3.46. The van der Waals surface area contributed by atoms with Gasteiger partial charge in [-0.3, -0.25) is 4.90 Å². The average molecular weight is 288 g/mol. The largest absolute Gasteiger partial charge is 0.394 e. The van der Waals surface area contributed by atoms with Gasteiger partial charge in [-0.1, -0.05) is 0 Å². The van der Waals surface area contributed by atoms with Crippen LogP contribution in [0, 0.1) is 0 Å². The van der Waals surface area contributed by atoms with E-state index in [1.165, 1.54) is 12.8 Å². The second-order valence-corrected chi connectivity index (χ2v) is 6.21. The summed E-state index contributed by atoms with van der Waals surface area (Å²) < 4.78 is 10.4. The third-order valence-corrected chi connectivity index (χ3v) is 4.01. The first-order valence-corrected chi connectivity index (χ1v) is 7.65. The molecule has 2 N–H and O–H groups in total. The number of nitrogens with one attached hydrogen (secondary N) is 1. The Kier molecular flexibility index (Phi) is 7.99. The summed E-state index contributed by atoms with van der Waals surface area (Å²) in [6, 6.07) is 0.981. The highest BCUT2D eigenvalue weighted by molar-refractivity contribution is 4.94. The number of aliphatic hydroxyl groups is 1. The van der Waals surface area contributed by atoms with Gasteiger partial charge in [-0.05, 0) is 33.1 Å². The average Bonchev–Trinajstić information content (AvgIpc) is 3.22. The molecular weight excluding hydrogens is 256 g/mol. The molecule has 1 fully saturated rings. The van der Waals surface area contributed by atoms with Crippen LogP contribution in [0.15, 0.2) is 0 Å². The van der Waals surface area contributed by atoms with E-state index >= 15 is 0 Å². The molecule has 0 aliphatic heterocycles. The van der Waals surface area contributed by atoms with Crippen LogP contribution >= 0.6 is 0 Å². The monoisotopic (exact) mass is 288 g/mol. The third-order valence-electron chi connectivity index (χ3n) is 4.01. The van der Waals surface area contributed by atoms with Gasteiger partial charge < -0.3 is 19.9 Å². The van der Waals surface area contributed by atoms with Gasteiger partial charge in [0.1, 0.15) is 0 Å². The van der Waals surface area contributed by atoms with Crippen LogP contribution in [0.4, 0.5) is 0 Å². The Morgan fingerprint density at radius 3 is 2.20 bits per heavy atom. The summed E-state index contributed by atoms with van der Waals surface area (Å²) in [5, 5.41) is 13.3. The van der Waals surface area contributed by atoms with Gasteiger partial charge in [0.25, 0.3) is 0 Å². The lowest BCUT2D eigenvalue weighted by molar-refractivity contribution is 0.0679. The first kappa shape index (κ1) is 17.9. The molecular formula is C15H32N2O3. The summed E-state index contributed by atoms with van der Waals surface area (Å²) in [4.78, 5) is 2.37. The van der Waals surface area contributed by atoms with Gasteiger partial charge in [0, 0.05) is 44.9 Å². The molecule has 0 aromatic carbocycles. The van der Waals surface area contributed by atoms with Gasteiger partial charge in [0.2, 0.25) is 0 Å². The third kappa shape index (κ3) is 6.50. The SMILES string of the molecule is COCCN(CCOC)C(C)CC(C)(CO)NC1CC1. The van der Waals surface area contributed by atoms with Crippen molar-refractivity contribution in [2.45, 2.75) is 50.7 Å². The lowest BCUT2D eigenvalue weighted by atomic mass is 9.93. The van der Waals surface area contributed by atoms with Gasteiger partial charge in [-0.25, -0.2) is 0 Å². The Morgan fingerprint density at radius 1 is 1.25 bits per heavy atom. The highest BCUT2D eigenvalue weighted by Gasteiger charge is 2.34. The van der Waals surface area contributed by atoms with Crippen molar-refractivity contribution >= 4 is 0 Å². The van der Waals surface area contributed by atoms with E-state index in [1.807, 2.05) is 0 Å². The molecule has 0 heterocycles. The molecule has 1 saturated carbocycles.